The molecule has 0 radical (unpaired) electrons. The third kappa shape index (κ3) is 4.14. The minimum Gasteiger partial charge on any atom is -0.216 e. The summed E-state index contributed by atoms with van der Waals surface area (Å²) < 4.78 is 22.3. The van der Waals surface area contributed by atoms with Gasteiger partial charge in [-0.15, -0.1) is 0 Å². The highest BCUT2D eigenvalue weighted by atomic mass is 79.9. The highest BCUT2D eigenvalue weighted by Crippen LogP contribution is 2.18. The molecule has 5 heteroatoms. The first-order valence-electron chi connectivity index (χ1n) is 3.56. The van der Waals surface area contributed by atoms with Crippen LogP contribution in [0.15, 0.2) is 22.7 Å². The normalized spacial score (nSPS) is 10.5. The molecule has 0 amide bonds. The van der Waals surface area contributed by atoms with Gasteiger partial charge in [0.05, 0.1) is 6.26 Å². The molecule has 1 aromatic rings. The summed E-state index contributed by atoms with van der Waals surface area (Å²) in [4.78, 5) is 0. The zero-order valence-corrected chi connectivity index (χ0v) is 10.4. The molecule has 0 atom stereocenters. The Labute approximate surface area is 96.3 Å². The van der Waals surface area contributed by atoms with E-state index in [0.717, 1.165) is 10.7 Å². The summed E-state index contributed by atoms with van der Waals surface area (Å²) in [6.45, 7) is 0. The van der Waals surface area contributed by atoms with E-state index in [9.17, 15) is 8.42 Å². The molecular weight excluding hydrogens is 288 g/mol. The van der Waals surface area contributed by atoms with Crippen LogP contribution in [0.4, 0.5) is 0 Å². The van der Waals surface area contributed by atoms with Crippen LogP contribution in [0.25, 0.3) is 0 Å². The van der Waals surface area contributed by atoms with E-state index in [4.69, 9.17) is 11.6 Å². The third-order valence-electron chi connectivity index (χ3n) is 1.24. The fraction of sp³-hybridized carbons (Fsp3) is 0.111. The molecule has 0 fully saturated rings. The van der Waals surface area contributed by atoms with Crippen LogP contribution in [0.5, 0.6) is 0 Å². The number of halogens is 2. The second-order valence-electron chi connectivity index (χ2n) is 2.66. The number of rotatable bonds is 0. The van der Waals surface area contributed by atoms with Crippen molar-refractivity contribution in [3.8, 4) is 11.2 Å². The first-order chi connectivity index (χ1) is 6.37. The largest absolute Gasteiger partial charge is 0.216 e. The van der Waals surface area contributed by atoms with E-state index in [2.05, 4.69) is 27.1 Å². The van der Waals surface area contributed by atoms with Crippen molar-refractivity contribution in [2.75, 3.05) is 6.26 Å². The van der Waals surface area contributed by atoms with Gasteiger partial charge >= 0.3 is 0 Å². The van der Waals surface area contributed by atoms with E-state index in [-0.39, 0.29) is 0 Å². The molecule has 0 spiro atoms. The van der Waals surface area contributed by atoms with E-state index >= 15 is 0 Å². The van der Waals surface area contributed by atoms with Crippen molar-refractivity contribution >= 4 is 37.4 Å². The molecule has 0 N–H and O–H groups in total. The Morgan fingerprint density at radius 3 is 2.50 bits per heavy atom. The average Bonchev–Trinajstić information content (AvgIpc) is 1.97. The molecule has 14 heavy (non-hydrogen) atoms. The van der Waals surface area contributed by atoms with E-state index in [1.807, 2.05) is 0 Å². The highest BCUT2D eigenvalue weighted by molar-refractivity contribution is 9.10. The molecule has 0 unspecified atom stereocenters. The van der Waals surface area contributed by atoms with Crippen molar-refractivity contribution in [2.45, 2.75) is 0 Å². The Morgan fingerprint density at radius 2 is 2.00 bits per heavy atom. The van der Waals surface area contributed by atoms with Gasteiger partial charge in [-0.05, 0) is 24.1 Å². The molecule has 0 aliphatic heterocycles. The van der Waals surface area contributed by atoms with Gasteiger partial charge in [-0.1, -0.05) is 27.5 Å². The second-order valence-corrected chi connectivity index (χ2v) is 5.76. The van der Waals surface area contributed by atoms with Crippen molar-refractivity contribution in [2.24, 2.45) is 0 Å². The lowest BCUT2D eigenvalue weighted by Crippen LogP contribution is -1.89. The Balaban J connectivity index is 3.14. The van der Waals surface area contributed by atoms with E-state index in [1.165, 1.54) is 0 Å². The topological polar surface area (TPSA) is 34.1 Å². The molecule has 0 aliphatic carbocycles. The maximum absolute atomic E-state index is 10.8. The smallest absolute Gasteiger partial charge is 0.214 e. The van der Waals surface area contributed by atoms with Crippen LogP contribution in [-0.4, -0.2) is 14.7 Å². The van der Waals surface area contributed by atoms with Crippen LogP contribution >= 0.6 is 27.5 Å². The first-order valence-corrected chi connectivity index (χ1v) is 6.62. The van der Waals surface area contributed by atoms with E-state index < -0.39 is 9.84 Å². The zero-order valence-electron chi connectivity index (χ0n) is 7.21. The van der Waals surface area contributed by atoms with Crippen molar-refractivity contribution < 1.29 is 8.42 Å². The SMILES string of the molecule is CS(=O)(=O)C#Cc1cc(Cl)cc(Br)c1. The molecule has 0 aromatic heterocycles. The van der Waals surface area contributed by atoms with Crippen molar-refractivity contribution in [1.29, 1.82) is 0 Å². The minimum atomic E-state index is -3.27. The molecule has 74 valence electrons. The zero-order chi connectivity index (χ0) is 10.8. The van der Waals surface area contributed by atoms with E-state index in [1.54, 1.807) is 18.2 Å². The standard InChI is InChI=1S/C9H6BrClO2S/c1-14(12,13)3-2-7-4-8(10)6-9(11)5-7/h4-6H,1H3. The van der Waals surface area contributed by atoms with Gasteiger partial charge in [0, 0.05) is 20.3 Å². The Hall–Kier alpha value is -0.500. The van der Waals surface area contributed by atoms with Gasteiger partial charge in [-0.3, -0.25) is 0 Å². The van der Waals surface area contributed by atoms with Crippen LogP contribution in [0.3, 0.4) is 0 Å². The van der Waals surface area contributed by atoms with Crippen LogP contribution in [0.2, 0.25) is 5.02 Å². The average molecular weight is 294 g/mol. The molecule has 0 aliphatic rings. The lowest BCUT2D eigenvalue weighted by Gasteiger charge is -1.94. The van der Waals surface area contributed by atoms with Crippen LogP contribution in [-0.2, 0) is 9.84 Å². The monoisotopic (exact) mass is 292 g/mol. The highest BCUT2D eigenvalue weighted by Gasteiger charge is 1.96. The van der Waals surface area contributed by atoms with E-state index in [0.29, 0.717) is 10.6 Å². The summed E-state index contributed by atoms with van der Waals surface area (Å²) in [5.74, 6) is 2.51. The Bertz CT molecular complexity index is 491. The first kappa shape index (κ1) is 11.6. The minimum absolute atomic E-state index is 0.511. The molecule has 1 rings (SSSR count). The number of hydrogen-bond donors (Lipinski definition) is 0. The number of sulfone groups is 1. The molecule has 1 aromatic carbocycles. The van der Waals surface area contributed by atoms with Gasteiger partial charge in [0.2, 0.25) is 9.84 Å². The molecule has 0 heterocycles. The molecule has 0 saturated carbocycles. The summed E-state index contributed by atoms with van der Waals surface area (Å²) in [6.07, 6.45) is 1.06. The summed E-state index contributed by atoms with van der Waals surface area (Å²) in [5.41, 5.74) is 0.565. The third-order valence-corrected chi connectivity index (χ3v) is 2.39. The molecule has 2 nitrogen and oxygen atoms in total. The summed E-state index contributed by atoms with van der Waals surface area (Å²) in [7, 11) is -3.27. The summed E-state index contributed by atoms with van der Waals surface area (Å²) in [5, 5.41) is 2.65. The van der Waals surface area contributed by atoms with Gasteiger partial charge in [0.15, 0.2) is 0 Å². The summed E-state index contributed by atoms with van der Waals surface area (Å²) in [6, 6.07) is 5.00. The molecule has 0 saturated heterocycles. The van der Waals surface area contributed by atoms with Crippen LogP contribution in [0, 0.1) is 11.2 Å². The number of benzene rings is 1. The van der Waals surface area contributed by atoms with Gasteiger partial charge in [-0.2, -0.15) is 0 Å². The molecular formula is C9H6BrClO2S. The fourth-order valence-electron chi connectivity index (χ4n) is 0.778. The van der Waals surface area contributed by atoms with Gasteiger partial charge in [0.1, 0.15) is 0 Å². The Morgan fingerprint density at radius 1 is 1.36 bits per heavy atom. The maximum atomic E-state index is 10.8. The van der Waals surface area contributed by atoms with Crippen molar-refractivity contribution in [3.63, 3.8) is 0 Å². The summed E-state index contributed by atoms with van der Waals surface area (Å²) >= 11 is 8.98. The van der Waals surface area contributed by atoms with Gasteiger partial charge < -0.3 is 0 Å². The predicted octanol–water partition coefficient (Wildman–Crippen LogP) is 2.46. The second kappa shape index (κ2) is 4.35. The van der Waals surface area contributed by atoms with Crippen LogP contribution < -0.4 is 0 Å². The maximum Gasteiger partial charge on any atom is 0.214 e. The Kier molecular flexibility index (Phi) is 3.59. The van der Waals surface area contributed by atoms with Gasteiger partial charge in [0.25, 0.3) is 0 Å². The lowest BCUT2D eigenvalue weighted by molar-refractivity contribution is 0.611. The predicted molar refractivity (Wildman–Crippen MR) is 60.9 cm³/mol. The van der Waals surface area contributed by atoms with Crippen molar-refractivity contribution in [3.05, 3.63) is 33.3 Å². The molecule has 0 bridgehead atoms. The lowest BCUT2D eigenvalue weighted by atomic mass is 10.2. The fourth-order valence-corrected chi connectivity index (χ4v) is 1.94. The quantitative estimate of drug-likeness (QED) is 0.689. The van der Waals surface area contributed by atoms with Crippen LogP contribution in [0.1, 0.15) is 5.56 Å². The van der Waals surface area contributed by atoms with Gasteiger partial charge in [-0.25, -0.2) is 8.42 Å². The van der Waals surface area contributed by atoms with Crippen molar-refractivity contribution in [1.82, 2.24) is 0 Å². The number of hydrogen-bond acceptors (Lipinski definition) is 2.